The van der Waals surface area contributed by atoms with Gasteiger partial charge in [-0.15, -0.1) is 11.3 Å². The van der Waals surface area contributed by atoms with Crippen LogP contribution in [0, 0.1) is 0 Å². The van der Waals surface area contributed by atoms with Crippen molar-refractivity contribution in [1.82, 2.24) is 15.3 Å². The number of hydrogen-bond donors (Lipinski definition) is 1. The standard InChI is InChI=1S/C17H17N3O2S2/c1-10(15(21)18-8-11-4-3-7-22-11)23-16-14-12-5-2-6-13(12)24-17(14)20-9-19-16/h3-4,7,9-10H,2,5-6,8H2,1H3,(H,18,21)/t10-/m0/s1. The predicted molar refractivity (Wildman–Crippen MR) is 95.3 cm³/mol. The predicted octanol–water partition coefficient (Wildman–Crippen LogP) is 3.57. The minimum Gasteiger partial charge on any atom is -0.467 e. The number of nitrogens with zero attached hydrogens (tertiary/aromatic N) is 2. The molecule has 4 rings (SSSR count). The molecule has 3 heterocycles. The van der Waals surface area contributed by atoms with E-state index in [9.17, 15) is 4.79 Å². The van der Waals surface area contributed by atoms with E-state index in [0.717, 1.165) is 33.8 Å². The van der Waals surface area contributed by atoms with E-state index >= 15 is 0 Å². The van der Waals surface area contributed by atoms with E-state index in [2.05, 4.69) is 15.3 Å². The molecule has 0 aliphatic heterocycles. The van der Waals surface area contributed by atoms with Gasteiger partial charge in [-0.3, -0.25) is 4.79 Å². The van der Waals surface area contributed by atoms with E-state index < -0.39 is 0 Å². The molecule has 124 valence electrons. The molecular formula is C17H17N3O2S2. The summed E-state index contributed by atoms with van der Waals surface area (Å²) in [6.07, 6.45) is 6.64. The van der Waals surface area contributed by atoms with Gasteiger partial charge in [0.2, 0.25) is 5.91 Å². The van der Waals surface area contributed by atoms with Gasteiger partial charge in [0.1, 0.15) is 21.9 Å². The number of carbonyl (C=O) groups excluding carboxylic acids is 1. The summed E-state index contributed by atoms with van der Waals surface area (Å²) >= 11 is 3.27. The lowest BCUT2D eigenvalue weighted by Gasteiger charge is -2.11. The summed E-state index contributed by atoms with van der Waals surface area (Å²) in [4.78, 5) is 23.7. The van der Waals surface area contributed by atoms with Crippen molar-refractivity contribution in [3.05, 3.63) is 40.9 Å². The van der Waals surface area contributed by atoms with Gasteiger partial charge in [0, 0.05) is 10.3 Å². The van der Waals surface area contributed by atoms with Crippen molar-refractivity contribution in [3.8, 4) is 0 Å². The second-order valence-electron chi connectivity index (χ2n) is 5.77. The van der Waals surface area contributed by atoms with Crippen molar-refractivity contribution in [2.75, 3.05) is 0 Å². The SMILES string of the molecule is C[C@H](Sc1ncnc2sc3c(c12)CCC3)C(=O)NCc1ccco1. The minimum absolute atomic E-state index is 0.0185. The third-order valence-electron chi connectivity index (χ3n) is 4.14. The van der Waals surface area contributed by atoms with E-state index in [1.54, 1.807) is 23.9 Å². The molecular weight excluding hydrogens is 342 g/mol. The Bertz CT molecular complexity index is 873. The van der Waals surface area contributed by atoms with Crippen molar-refractivity contribution < 1.29 is 9.21 Å². The van der Waals surface area contributed by atoms with Gasteiger partial charge in [0.05, 0.1) is 18.1 Å². The molecule has 0 fully saturated rings. The van der Waals surface area contributed by atoms with Crippen LogP contribution in [-0.4, -0.2) is 21.1 Å². The minimum atomic E-state index is -0.227. The van der Waals surface area contributed by atoms with Crippen molar-refractivity contribution >= 4 is 39.2 Å². The monoisotopic (exact) mass is 359 g/mol. The number of rotatable bonds is 5. The van der Waals surface area contributed by atoms with Crippen molar-refractivity contribution in [1.29, 1.82) is 0 Å². The molecule has 1 N–H and O–H groups in total. The Hall–Kier alpha value is -1.86. The second-order valence-corrected chi connectivity index (χ2v) is 8.19. The van der Waals surface area contributed by atoms with Gasteiger partial charge in [-0.1, -0.05) is 11.8 Å². The molecule has 24 heavy (non-hydrogen) atoms. The number of thioether (sulfide) groups is 1. The largest absolute Gasteiger partial charge is 0.467 e. The van der Waals surface area contributed by atoms with E-state index in [1.807, 2.05) is 19.1 Å². The first-order chi connectivity index (χ1) is 11.7. The number of hydrogen-bond acceptors (Lipinski definition) is 6. The van der Waals surface area contributed by atoms with Crippen molar-refractivity contribution in [3.63, 3.8) is 0 Å². The Morgan fingerprint density at radius 3 is 3.21 bits per heavy atom. The first-order valence-electron chi connectivity index (χ1n) is 7.94. The Labute approximate surface area is 147 Å². The van der Waals surface area contributed by atoms with E-state index in [-0.39, 0.29) is 11.2 Å². The summed E-state index contributed by atoms with van der Waals surface area (Å²) in [5.74, 6) is 0.732. The molecule has 0 aromatic carbocycles. The Kier molecular flexibility index (Phi) is 4.28. The van der Waals surface area contributed by atoms with E-state index in [4.69, 9.17) is 4.42 Å². The lowest BCUT2D eigenvalue weighted by atomic mass is 10.2. The molecule has 1 aliphatic rings. The zero-order chi connectivity index (χ0) is 16.5. The van der Waals surface area contributed by atoms with Crippen LogP contribution in [0.5, 0.6) is 0 Å². The van der Waals surface area contributed by atoms with Crippen LogP contribution < -0.4 is 5.32 Å². The summed E-state index contributed by atoms with van der Waals surface area (Å²) in [6, 6.07) is 3.66. The van der Waals surface area contributed by atoms with Crippen molar-refractivity contribution in [2.45, 2.75) is 43.0 Å². The van der Waals surface area contributed by atoms with E-state index in [1.165, 1.54) is 28.6 Å². The average Bonchev–Trinajstić information content (AvgIpc) is 3.29. The first kappa shape index (κ1) is 15.7. The highest BCUT2D eigenvalue weighted by molar-refractivity contribution is 8.00. The lowest BCUT2D eigenvalue weighted by molar-refractivity contribution is -0.120. The Morgan fingerprint density at radius 1 is 1.46 bits per heavy atom. The van der Waals surface area contributed by atoms with Gasteiger partial charge < -0.3 is 9.73 Å². The number of thiophene rings is 1. The molecule has 1 amide bonds. The third kappa shape index (κ3) is 2.93. The normalized spacial score (nSPS) is 14.7. The van der Waals surface area contributed by atoms with Gasteiger partial charge in [0.15, 0.2) is 0 Å². The number of furan rings is 1. The fraction of sp³-hybridized carbons (Fsp3) is 0.353. The highest BCUT2D eigenvalue weighted by atomic mass is 32.2. The van der Waals surface area contributed by atoms with Gasteiger partial charge in [-0.05, 0) is 43.9 Å². The van der Waals surface area contributed by atoms with Crippen LogP contribution in [0.15, 0.2) is 34.2 Å². The maximum atomic E-state index is 12.3. The molecule has 0 radical (unpaired) electrons. The average molecular weight is 359 g/mol. The summed E-state index contributed by atoms with van der Waals surface area (Å²) in [5, 5.41) is 4.75. The summed E-state index contributed by atoms with van der Waals surface area (Å²) in [6.45, 7) is 2.31. The Morgan fingerprint density at radius 2 is 2.38 bits per heavy atom. The third-order valence-corrected chi connectivity index (χ3v) is 6.44. The summed E-state index contributed by atoms with van der Waals surface area (Å²) < 4.78 is 5.24. The number of amides is 1. The lowest BCUT2D eigenvalue weighted by Crippen LogP contribution is -2.30. The van der Waals surface area contributed by atoms with Crippen LogP contribution in [0.1, 0.15) is 29.5 Å². The number of fused-ring (bicyclic) bond motifs is 3. The smallest absolute Gasteiger partial charge is 0.233 e. The number of aryl methyl sites for hydroxylation is 2. The molecule has 0 saturated heterocycles. The van der Waals surface area contributed by atoms with Gasteiger partial charge >= 0.3 is 0 Å². The fourth-order valence-corrected chi connectivity index (χ4v) is 5.21. The first-order valence-corrected chi connectivity index (χ1v) is 9.64. The van der Waals surface area contributed by atoms with Crippen LogP contribution in [0.3, 0.4) is 0 Å². The van der Waals surface area contributed by atoms with Crippen LogP contribution in [0.4, 0.5) is 0 Å². The quantitative estimate of drug-likeness (QED) is 0.557. The van der Waals surface area contributed by atoms with Gasteiger partial charge in [0.25, 0.3) is 0 Å². The number of aromatic nitrogens is 2. The molecule has 7 heteroatoms. The molecule has 0 saturated carbocycles. The molecule has 1 atom stereocenters. The van der Waals surface area contributed by atoms with Crippen LogP contribution >= 0.6 is 23.1 Å². The highest BCUT2D eigenvalue weighted by Crippen LogP contribution is 2.40. The van der Waals surface area contributed by atoms with Crippen LogP contribution in [-0.2, 0) is 24.2 Å². The molecule has 0 spiro atoms. The number of nitrogens with one attached hydrogen (secondary N) is 1. The molecule has 1 aliphatic carbocycles. The van der Waals surface area contributed by atoms with E-state index in [0.29, 0.717) is 6.54 Å². The fourth-order valence-electron chi connectivity index (χ4n) is 2.94. The highest BCUT2D eigenvalue weighted by Gasteiger charge is 2.23. The maximum Gasteiger partial charge on any atom is 0.233 e. The topological polar surface area (TPSA) is 68.0 Å². The molecule has 3 aromatic heterocycles. The Balaban J connectivity index is 1.50. The maximum absolute atomic E-state index is 12.3. The zero-order valence-corrected chi connectivity index (χ0v) is 14.9. The molecule has 3 aromatic rings. The van der Waals surface area contributed by atoms with Crippen molar-refractivity contribution in [2.24, 2.45) is 0 Å². The molecule has 0 bridgehead atoms. The van der Waals surface area contributed by atoms with Crippen LogP contribution in [0.25, 0.3) is 10.2 Å². The zero-order valence-electron chi connectivity index (χ0n) is 13.2. The number of carbonyl (C=O) groups is 1. The van der Waals surface area contributed by atoms with Gasteiger partial charge in [-0.2, -0.15) is 0 Å². The van der Waals surface area contributed by atoms with Gasteiger partial charge in [-0.25, -0.2) is 9.97 Å². The molecule has 5 nitrogen and oxygen atoms in total. The summed E-state index contributed by atoms with van der Waals surface area (Å²) in [5.41, 5.74) is 1.39. The van der Waals surface area contributed by atoms with Crippen LogP contribution in [0.2, 0.25) is 0 Å². The molecule has 0 unspecified atom stereocenters. The summed E-state index contributed by atoms with van der Waals surface area (Å²) in [7, 11) is 0. The second kappa shape index (κ2) is 6.57.